The third-order valence-electron chi connectivity index (χ3n) is 3.79. The highest BCUT2D eigenvalue weighted by Gasteiger charge is 2.12. The summed E-state index contributed by atoms with van der Waals surface area (Å²) < 4.78 is 11.9. The van der Waals surface area contributed by atoms with Crippen molar-refractivity contribution in [3.8, 4) is 22.9 Å². The van der Waals surface area contributed by atoms with Crippen LogP contribution < -0.4 is 15.3 Å². The normalized spacial score (nSPS) is 10.6. The van der Waals surface area contributed by atoms with Crippen molar-refractivity contribution in [2.45, 2.75) is 11.6 Å². The van der Waals surface area contributed by atoms with Crippen LogP contribution in [0.5, 0.6) is 11.5 Å². The summed E-state index contributed by atoms with van der Waals surface area (Å²) in [6.07, 6.45) is 0.916. The van der Waals surface area contributed by atoms with E-state index in [-0.39, 0.29) is 0 Å². The van der Waals surface area contributed by atoms with E-state index in [1.807, 2.05) is 36.4 Å². The second-order valence-electron chi connectivity index (χ2n) is 5.35. The number of methoxy groups -OCH3 is 2. The monoisotopic (exact) mass is 356 g/mol. The molecular weight excluding hydrogens is 336 g/mol. The highest BCUT2D eigenvalue weighted by atomic mass is 32.2. The SMILES string of the molecule is COc1ccc(CCSc2nnc(-c3ccc(OC)cc3)n2N)cc1. The molecule has 0 saturated heterocycles. The van der Waals surface area contributed by atoms with E-state index < -0.39 is 0 Å². The van der Waals surface area contributed by atoms with Crippen LogP contribution in [0, 0.1) is 0 Å². The van der Waals surface area contributed by atoms with Gasteiger partial charge in [-0.2, -0.15) is 0 Å². The summed E-state index contributed by atoms with van der Waals surface area (Å²) in [4.78, 5) is 0. The van der Waals surface area contributed by atoms with Gasteiger partial charge in [-0.25, -0.2) is 4.68 Å². The second kappa shape index (κ2) is 7.94. The number of nitrogen functional groups attached to an aromatic ring is 1. The van der Waals surface area contributed by atoms with E-state index in [1.165, 1.54) is 10.2 Å². The fourth-order valence-electron chi connectivity index (χ4n) is 2.36. The van der Waals surface area contributed by atoms with Crippen molar-refractivity contribution in [3.05, 3.63) is 54.1 Å². The Morgan fingerprint density at radius 1 is 0.920 bits per heavy atom. The smallest absolute Gasteiger partial charge is 0.210 e. The lowest BCUT2D eigenvalue weighted by Gasteiger charge is -2.05. The largest absolute Gasteiger partial charge is 0.497 e. The second-order valence-corrected chi connectivity index (χ2v) is 6.41. The summed E-state index contributed by atoms with van der Waals surface area (Å²) in [5.41, 5.74) is 2.14. The zero-order chi connectivity index (χ0) is 17.6. The van der Waals surface area contributed by atoms with Crippen LogP contribution in [0.2, 0.25) is 0 Å². The first-order chi connectivity index (χ1) is 12.2. The fourth-order valence-corrected chi connectivity index (χ4v) is 3.21. The van der Waals surface area contributed by atoms with Gasteiger partial charge >= 0.3 is 0 Å². The zero-order valence-corrected chi connectivity index (χ0v) is 15.0. The molecule has 2 N–H and O–H groups in total. The van der Waals surface area contributed by atoms with Gasteiger partial charge in [0.1, 0.15) is 11.5 Å². The molecule has 0 amide bonds. The van der Waals surface area contributed by atoms with Crippen LogP contribution in [0.3, 0.4) is 0 Å². The molecule has 0 aliphatic carbocycles. The van der Waals surface area contributed by atoms with E-state index in [2.05, 4.69) is 22.3 Å². The van der Waals surface area contributed by atoms with Crippen LogP contribution in [0.1, 0.15) is 5.56 Å². The van der Waals surface area contributed by atoms with Crippen LogP contribution in [0.15, 0.2) is 53.7 Å². The van der Waals surface area contributed by atoms with Crippen molar-refractivity contribution in [2.24, 2.45) is 0 Å². The van der Waals surface area contributed by atoms with E-state index in [1.54, 1.807) is 26.0 Å². The number of aryl methyl sites for hydroxylation is 1. The molecule has 2 aromatic carbocycles. The Bertz CT molecular complexity index is 816. The van der Waals surface area contributed by atoms with Gasteiger partial charge < -0.3 is 15.3 Å². The molecule has 0 aliphatic heterocycles. The summed E-state index contributed by atoms with van der Waals surface area (Å²) in [5, 5.41) is 9.09. The van der Waals surface area contributed by atoms with E-state index in [4.69, 9.17) is 15.3 Å². The fraction of sp³-hybridized carbons (Fsp3) is 0.222. The standard InChI is InChI=1S/C18H20N4O2S/c1-23-15-7-3-13(4-8-15)11-12-25-18-21-20-17(22(18)19)14-5-9-16(24-2)10-6-14/h3-10H,11-12,19H2,1-2H3. The summed E-state index contributed by atoms with van der Waals surface area (Å²) in [5.74, 6) is 9.30. The van der Waals surface area contributed by atoms with Crippen LogP contribution in [0.25, 0.3) is 11.4 Å². The molecular formula is C18H20N4O2S. The molecule has 6 nitrogen and oxygen atoms in total. The van der Waals surface area contributed by atoms with Gasteiger partial charge in [-0.15, -0.1) is 10.2 Å². The summed E-state index contributed by atoms with van der Waals surface area (Å²) in [7, 11) is 3.30. The lowest BCUT2D eigenvalue weighted by atomic mass is 10.2. The quantitative estimate of drug-likeness (QED) is 0.518. The average molecular weight is 356 g/mol. The molecule has 3 aromatic rings. The lowest BCUT2D eigenvalue weighted by molar-refractivity contribution is 0.414. The van der Waals surface area contributed by atoms with E-state index in [9.17, 15) is 0 Å². The van der Waals surface area contributed by atoms with Crippen molar-refractivity contribution >= 4 is 11.8 Å². The molecule has 1 heterocycles. The predicted octanol–water partition coefficient (Wildman–Crippen LogP) is 3.01. The maximum atomic E-state index is 6.15. The van der Waals surface area contributed by atoms with Gasteiger partial charge in [0.25, 0.3) is 0 Å². The molecule has 0 spiro atoms. The molecule has 0 unspecified atom stereocenters. The Morgan fingerprint density at radius 3 is 2.12 bits per heavy atom. The number of aromatic nitrogens is 3. The zero-order valence-electron chi connectivity index (χ0n) is 14.2. The topological polar surface area (TPSA) is 75.2 Å². The maximum Gasteiger partial charge on any atom is 0.210 e. The van der Waals surface area contributed by atoms with Gasteiger partial charge in [0.15, 0.2) is 5.82 Å². The van der Waals surface area contributed by atoms with Crippen LogP contribution in [-0.4, -0.2) is 34.8 Å². The number of ether oxygens (including phenoxy) is 2. The van der Waals surface area contributed by atoms with Crippen LogP contribution >= 0.6 is 11.8 Å². The first-order valence-corrected chi connectivity index (χ1v) is 8.80. The lowest BCUT2D eigenvalue weighted by Crippen LogP contribution is -2.11. The van der Waals surface area contributed by atoms with Crippen molar-refractivity contribution < 1.29 is 9.47 Å². The van der Waals surface area contributed by atoms with Crippen molar-refractivity contribution in [1.82, 2.24) is 14.9 Å². The van der Waals surface area contributed by atoms with Crippen molar-refractivity contribution in [3.63, 3.8) is 0 Å². The molecule has 0 radical (unpaired) electrons. The summed E-state index contributed by atoms with van der Waals surface area (Å²) in [6.45, 7) is 0. The Morgan fingerprint density at radius 2 is 1.52 bits per heavy atom. The van der Waals surface area contributed by atoms with Crippen LogP contribution in [0.4, 0.5) is 0 Å². The Labute approximate surface area is 150 Å². The first kappa shape index (κ1) is 17.2. The van der Waals surface area contributed by atoms with Crippen molar-refractivity contribution in [2.75, 3.05) is 25.8 Å². The predicted molar refractivity (Wildman–Crippen MR) is 99.6 cm³/mol. The minimum atomic E-state index is 0.634. The van der Waals surface area contributed by atoms with Gasteiger partial charge in [0.05, 0.1) is 14.2 Å². The number of nitrogens with two attached hydrogens (primary N) is 1. The number of hydrogen-bond acceptors (Lipinski definition) is 6. The highest BCUT2D eigenvalue weighted by molar-refractivity contribution is 7.99. The molecule has 0 aliphatic rings. The molecule has 0 atom stereocenters. The van der Waals surface area contributed by atoms with Gasteiger partial charge in [-0.1, -0.05) is 23.9 Å². The number of thioether (sulfide) groups is 1. The molecule has 130 valence electrons. The molecule has 0 saturated carbocycles. The maximum absolute atomic E-state index is 6.15. The number of hydrogen-bond donors (Lipinski definition) is 1. The Balaban J connectivity index is 1.62. The van der Waals surface area contributed by atoms with E-state index in [0.29, 0.717) is 11.0 Å². The van der Waals surface area contributed by atoms with Gasteiger partial charge in [-0.3, -0.25) is 0 Å². The average Bonchev–Trinajstić information content (AvgIpc) is 3.03. The molecule has 1 aromatic heterocycles. The molecule has 3 rings (SSSR count). The third-order valence-corrected chi connectivity index (χ3v) is 4.74. The van der Waals surface area contributed by atoms with Crippen molar-refractivity contribution in [1.29, 1.82) is 0 Å². The number of benzene rings is 2. The number of nitrogens with zero attached hydrogens (tertiary/aromatic N) is 3. The molecule has 0 bridgehead atoms. The van der Waals surface area contributed by atoms with Crippen LogP contribution in [-0.2, 0) is 6.42 Å². The Hall–Kier alpha value is -2.67. The minimum Gasteiger partial charge on any atom is -0.497 e. The molecule has 7 heteroatoms. The van der Waals surface area contributed by atoms with Gasteiger partial charge in [-0.05, 0) is 48.4 Å². The highest BCUT2D eigenvalue weighted by Crippen LogP contribution is 2.24. The van der Waals surface area contributed by atoms with E-state index in [0.717, 1.165) is 29.2 Å². The molecule has 25 heavy (non-hydrogen) atoms. The van der Waals surface area contributed by atoms with E-state index >= 15 is 0 Å². The third kappa shape index (κ3) is 4.06. The van der Waals surface area contributed by atoms with Gasteiger partial charge in [0.2, 0.25) is 5.16 Å². The minimum absolute atomic E-state index is 0.634. The van der Waals surface area contributed by atoms with Gasteiger partial charge in [0, 0.05) is 11.3 Å². The first-order valence-electron chi connectivity index (χ1n) is 7.82. The Kier molecular flexibility index (Phi) is 5.45. The molecule has 0 fully saturated rings. The number of rotatable bonds is 7. The summed E-state index contributed by atoms with van der Waals surface area (Å²) in [6, 6.07) is 15.6. The summed E-state index contributed by atoms with van der Waals surface area (Å²) >= 11 is 1.58.